The summed E-state index contributed by atoms with van der Waals surface area (Å²) in [6, 6.07) is 12.3. The first-order valence-electron chi connectivity index (χ1n) is 10.0. The Kier molecular flexibility index (Phi) is 6.38. The average molecular weight is 472 g/mol. The predicted octanol–water partition coefficient (Wildman–Crippen LogP) is 4.09. The number of nitrogens with one attached hydrogen (secondary N) is 1. The molecule has 0 aliphatic carbocycles. The molecule has 0 unspecified atom stereocenters. The molecule has 0 aliphatic rings. The maximum atomic E-state index is 13.1. The van der Waals surface area contributed by atoms with Crippen molar-refractivity contribution in [3.05, 3.63) is 57.8 Å². The number of nitrogens with zero attached hydrogens (tertiary/aromatic N) is 4. The SMILES string of the molecule is COc1cccc(NC(=O)CSc2nnc3n(CC(C)C)c(=O)c4ccc(Cl)cc4n23)c1. The quantitative estimate of drug-likeness (QED) is 0.408. The highest BCUT2D eigenvalue weighted by atomic mass is 35.5. The van der Waals surface area contributed by atoms with Gasteiger partial charge < -0.3 is 10.1 Å². The molecule has 2 heterocycles. The fourth-order valence-corrected chi connectivity index (χ4v) is 4.31. The summed E-state index contributed by atoms with van der Waals surface area (Å²) >= 11 is 7.45. The minimum absolute atomic E-state index is 0.114. The van der Waals surface area contributed by atoms with Gasteiger partial charge in [0.05, 0.1) is 23.8 Å². The highest BCUT2D eigenvalue weighted by molar-refractivity contribution is 7.99. The van der Waals surface area contributed by atoms with Crippen molar-refractivity contribution < 1.29 is 9.53 Å². The van der Waals surface area contributed by atoms with Crippen LogP contribution in [0.15, 0.2) is 52.4 Å². The van der Waals surface area contributed by atoms with E-state index in [0.29, 0.717) is 44.8 Å². The molecule has 2 aromatic heterocycles. The number of anilines is 1. The Morgan fingerprint density at radius 3 is 2.78 bits per heavy atom. The van der Waals surface area contributed by atoms with E-state index in [0.717, 1.165) is 0 Å². The number of halogens is 1. The van der Waals surface area contributed by atoms with Gasteiger partial charge in [0.1, 0.15) is 5.75 Å². The highest BCUT2D eigenvalue weighted by Gasteiger charge is 2.18. The van der Waals surface area contributed by atoms with Gasteiger partial charge in [-0.3, -0.25) is 18.6 Å². The van der Waals surface area contributed by atoms with Crippen LogP contribution in [0.4, 0.5) is 5.69 Å². The lowest BCUT2D eigenvalue weighted by Gasteiger charge is -2.13. The number of thioether (sulfide) groups is 1. The minimum Gasteiger partial charge on any atom is -0.497 e. The van der Waals surface area contributed by atoms with Crippen LogP contribution in [-0.2, 0) is 11.3 Å². The topological polar surface area (TPSA) is 90.5 Å². The van der Waals surface area contributed by atoms with Crippen LogP contribution in [-0.4, -0.2) is 37.9 Å². The molecule has 8 nitrogen and oxygen atoms in total. The first-order chi connectivity index (χ1) is 15.4. The third-order valence-electron chi connectivity index (χ3n) is 4.77. The molecule has 1 amide bonds. The molecule has 1 N–H and O–H groups in total. The van der Waals surface area contributed by atoms with Gasteiger partial charge >= 0.3 is 0 Å². The summed E-state index contributed by atoms with van der Waals surface area (Å²) in [5.74, 6) is 1.24. The van der Waals surface area contributed by atoms with Gasteiger partial charge in [0.25, 0.3) is 5.56 Å². The van der Waals surface area contributed by atoms with Gasteiger partial charge in [-0.1, -0.05) is 43.3 Å². The number of ether oxygens (including phenoxy) is 1. The number of aromatic nitrogens is 4. The van der Waals surface area contributed by atoms with Gasteiger partial charge in [-0.2, -0.15) is 0 Å². The van der Waals surface area contributed by atoms with E-state index in [1.54, 1.807) is 58.5 Å². The number of amides is 1. The Labute approximate surface area is 193 Å². The second-order valence-corrected chi connectivity index (χ2v) is 9.04. The lowest BCUT2D eigenvalue weighted by molar-refractivity contribution is -0.113. The first-order valence-corrected chi connectivity index (χ1v) is 11.4. The van der Waals surface area contributed by atoms with E-state index in [1.165, 1.54) is 11.8 Å². The van der Waals surface area contributed by atoms with Crippen molar-refractivity contribution >= 4 is 51.6 Å². The Hall–Kier alpha value is -3.04. The molecule has 2 aromatic carbocycles. The zero-order chi connectivity index (χ0) is 22.8. The maximum absolute atomic E-state index is 13.1. The predicted molar refractivity (Wildman–Crippen MR) is 127 cm³/mol. The van der Waals surface area contributed by atoms with E-state index in [4.69, 9.17) is 16.3 Å². The summed E-state index contributed by atoms with van der Waals surface area (Å²) in [6.07, 6.45) is 0. The van der Waals surface area contributed by atoms with Crippen LogP contribution in [0.25, 0.3) is 16.7 Å². The second-order valence-electron chi connectivity index (χ2n) is 7.66. The van der Waals surface area contributed by atoms with Crippen LogP contribution < -0.4 is 15.6 Å². The number of fused-ring (bicyclic) bond motifs is 3. The van der Waals surface area contributed by atoms with Gasteiger partial charge in [0.15, 0.2) is 5.16 Å². The lowest BCUT2D eigenvalue weighted by Crippen LogP contribution is -2.25. The van der Waals surface area contributed by atoms with E-state index in [-0.39, 0.29) is 23.1 Å². The smallest absolute Gasteiger partial charge is 0.262 e. The van der Waals surface area contributed by atoms with Crippen LogP contribution in [0.3, 0.4) is 0 Å². The second kappa shape index (κ2) is 9.22. The number of benzene rings is 2. The molecule has 4 rings (SSSR count). The number of rotatable bonds is 7. The Balaban J connectivity index is 1.68. The van der Waals surface area contributed by atoms with Crippen molar-refractivity contribution in [1.82, 2.24) is 19.2 Å². The monoisotopic (exact) mass is 471 g/mol. The van der Waals surface area contributed by atoms with Crippen LogP contribution in [0.5, 0.6) is 5.75 Å². The lowest BCUT2D eigenvalue weighted by atomic mass is 10.2. The van der Waals surface area contributed by atoms with Crippen LogP contribution in [0, 0.1) is 5.92 Å². The molecular formula is C22H22ClN5O3S. The van der Waals surface area contributed by atoms with Gasteiger partial charge in [0.2, 0.25) is 11.7 Å². The highest BCUT2D eigenvalue weighted by Crippen LogP contribution is 2.25. The molecule has 32 heavy (non-hydrogen) atoms. The van der Waals surface area contributed by atoms with Crippen LogP contribution in [0.1, 0.15) is 13.8 Å². The van der Waals surface area contributed by atoms with Crippen molar-refractivity contribution in [3.8, 4) is 5.75 Å². The molecule has 0 radical (unpaired) electrons. The van der Waals surface area contributed by atoms with E-state index >= 15 is 0 Å². The molecule has 0 saturated heterocycles. The van der Waals surface area contributed by atoms with Gasteiger partial charge in [0, 0.05) is 23.3 Å². The number of hydrogen-bond acceptors (Lipinski definition) is 6. The number of carbonyl (C=O) groups excluding carboxylic acids is 1. The van der Waals surface area contributed by atoms with E-state index in [1.807, 2.05) is 13.8 Å². The maximum Gasteiger partial charge on any atom is 0.262 e. The Morgan fingerprint density at radius 1 is 1.22 bits per heavy atom. The molecule has 0 bridgehead atoms. The molecule has 0 aliphatic heterocycles. The van der Waals surface area contributed by atoms with E-state index < -0.39 is 0 Å². The molecular weight excluding hydrogens is 450 g/mol. The fourth-order valence-electron chi connectivity index (χ4n) is 3.41. The third-order valence-corrected chi connectivity index (χ3v) is 5.93. The van der Waals surface area contributed by atoms with Gasteiger partial charge in [-0.05, 0) is 36.2 Å². The summed E-state index contributed by atoms with van der Waals surface area (Å²) in [7, 11) is 1.57. The summed E-state index contributed by atoms with van der Waals surface area (Å²) in [5.41, 5.74) is 1.11. The molecule has 0 saturated carbocycles. The zero-order valence-corrected chi connectivity index (χ0v) is 19.4. The third kappa shape index (κ3) is 4.44. The normalized spacial score (nSPS) is 11.4. The number of hydrogen-bond donors (Lipinski definition) is 1. The number of carbonyl (C=O) groups is 1. The van der Waals surface area contributed by atoms with Crippen molar-refractivity contribution in [2.45, 2.75) is 25.5 Å². The average Bonchev–Trinajstić information content (AvgIpc) is 3.19. The van der Waals surface area contributed by atoms with E-state index in [9.17, 15) is 9.59 Å². The molecule has 166 valence electrons. The summed E-state index contributed by atoms with van der Waals surface area (Å²) in [6.45, 7) is 4.56. The summed E-state index contributed by atoms with van der Waals surface area (Å²) < 4.78 is 8.59. The molecule has 0 spiro atoms. The van der Waals surface area contributed by atoms with Crippen molar-refractivity contribution in [1.29, 1.82) is 0 Å². The Bertz CT molecular complexity index is 1370. The summed E-state index contributed by atoms with van der Waals surface area (Å²) in [4.78, 5) is 25.6. The van der Waals surface area contributed by atoms with Crippen LogP contribution in [0.2, 0.25) is 5.02 Å². The van der Waals surface area contributed by atoms with Crippen molar-refractivity contribution in [2.24, 2.45) is 5.92 Å². The molecule has 4 aromatic rings. The van der Waals surface area contributed by atoms with E-state index in [2.05, 4.69) is 15.5 Å². The van der Waals surface area contributed by atoms with Crippen LogP contribution >= 0.6 is 23.4 Å². The van der Waals surface area contributed by atoms with Crippen molar-refractivity contribution in [3.63, 3.8) is 0 Å². The molecule has 0 fully saturated rings. The van der Waals surface area contributed by atoms with Gasteiger partial charge in [-0.25, -0.2) is 0 Å². The largest absolute Gasteiger partial charge is 0.497 e. The Morgan fingerprint density at radius 2 is 2.03 bits per heavy atom. The fraction of sp³-hybridized carbons (Fsp3) is 0.273. The van der Waals surface area contributed by atoms with Gasteiger partial charge in [-0.15, -0.1) is 10.2 Å². The van der Waals surface area contributed by atoms with Crippen molar-refractivity contribution in [2.75, 3.05) is 18.2 Å². The first kappa shape index (κ1) is 22.2. The zero-order valence-electron chi connectivity index (χ0n) is 17.8. The molecule has 0 atom stereocenters. The number of methoxy groups -OCH3 is 1. The minimum atomic E-state index is -0.196. The standard InChI is InChI=1S/C22H22ClN5O3S/c1-13(2)11-27-20(30)17-8-7-14(23)9-18(17)28-21(27)25-26-22(28)32-12-19(29)24-15-5-4-6-16(10-15)31-3/h4-10,13H,11-12H2,1-3H3,(H,24,29). The molecule has 10 heteroatoms. The summed E-state index contributed by atoms with van der Waals surface area (Å²) in [5, 5.41) is 12.9.